The van der Waals surface area contributed by atoms with Gasteiger partial charge in [-0.05, 0) is 84.7 Å². The second kappa shape index (κ2) is 12.0. The quantitative estimate of drug-likeness (QED) is 0.268. The van der Waals surface area contributed by atoms with Gasteiger partial charge in [0.2, 0.25) is 15.9 Å². The normalized spacial score (nSPS) is 15.8. The molecule has 9 heteroatoms. The molecule has 0 saturated heterocycles. The number of hydrogen-bond acceptors (Lipinski definition) is 4. The smallest absolute Gasteiger partial charge is 0.241 e. The second-order valence-corrected chi connectivity index (χ2v) is 12.5. The van der Waals surface area contributed by atoms with Crippen LogP contribution >= 0.6 is 0 Å². The van der Waals surface area contributed by atoms with E-state index in [-0.39, 0.29) is 35.5 Å². The zero-order chi connectivity index (χ0) is 29.1. The van der Waals surface area contributed by atoms with Gasteiger partial charge < -0.3 is 9.47 Å². The summed E-state index contributed by atoms with van der Waals surface area (Å²) in [6.45, 7) is 3.93. The number of nitrogens with one attached hydrogen (secondary N) is 1. The molecule has 1 aliphatic rings. The number of aryl methyl sites for hydroxylation is 3. The van der Waals surface area contributed by atoms with E-state index < -0.39 is 16.1 Å². The Labute approximate surface area is 241 Å². The molecule has 1 N–H and O–H groups in total. The number of hydrogen-bond donors (Lipinski definition) is 1. The molecule has 0 fully saturated rings. The van der Waals surface area contributed by atoms with Crippen molar-refractivity contribution in [2.24, 2.45) is 7.05 Å². The van der Waals surface area contributed by atoms with E-state index in [1.54, 1.807) is 47.5 Å². The number of anilines is 1. The molecule has 214 valence electrons. The van der Waals surface area contributed by atoms with Crippen molar-refractivity contribution >= 4 is 21.6 Å². The molecule has 2 atom stereocenters. The van der Waals surface area contributed by atoms with Crippen molar-refractivity contribution in [1.82, 2.24) is 14.3 Å². The van der Waals surface area contributed by atoms with Gasteiger partial charge in [0, 0.05) is 37.6 Å². The average molecular weight is 575 g/mol. The predicted octanol–water partition coefficient (Wildman–Crippen LogP) is 5.95. The largest absolute Gasteiger partial charge is 0.337 e. The number of carbonyl (C=O) groups is 1. The van der Waals surface area contributed by atoms with Crippen LogP contribution in [-0.2, 0) is 34.8 Å². The Kier molecular flexibility index (Phi) is 8.37. The zero-order valence-corrected chi connectivity index (χ0v) is 24.4. The van der Waals surface area contributed by atoms with Crippen LogP contribution in [0.25, 0.3) is 0 Å². The lowest BCUT2D eigenvalue weighted by atomic mass is 9.87. The molecule has 3 aromatic carbocycles. The number of sulfonamides is 1. The Balaban J connectivity index is 1.47. The van der Waals surface area contributed by atoms with Crippen LogP contribution in [-0.4, -0.2) is 23.9 Å². The fraction of sp³-hybridized carbons (Fsp3) is 0.312. The van der Waals surface area contributed by atoms with Crippen molar-refractivity contribution in [1.29, 1.82) is 0 Å². The highest BCUT2D eigenvalue weighted by atomic mass is 32.2. The highest BCUT2D eigenvalue weighted by molar-refractivity contribution is 7.89. The van der Waals surface area contributed by atoms with Crippen molar-refractivity contribution in [3.8, 4) is 0 Å². The van der Waals surface area contributed by atoms with Crippen LogP contribution in [0.3, 0.4) is 0 Å². The number of amides is 1. The number of fused-ring (bicyclic) bond motifs is 1. The van der Waals surface area contributed by atoms with Crippen LogP contribution in [0.4, 0.5) is 10.1 Å². The van der Waals surface area contributed by atoms with Crippen molar-refractivity contribution in [3.05, 3.63) is 113 Å². The Morgan fingerprint density at radius 1 is 1.15 bits per heavy atom. The second-order valence-electron chi connectivity index (χ2n) is 10.8. The summed E-state index contributed by atoms with van der Waals surface area (Å²) in [5, 5.41) is 0. The maximum absolute atomic E-state index is 14.5. The molecule has 1 aliphatic carbocycles. The monoisotopic (exact) mass is 574 g/mol. The van der Waals surface area contributed by atoms with Crippen LogP contribution in [0.5, 0.6) is 0 Å². The molecule has 0 unspecified atom stereocenters. The molecule has 5 rings (SSSR count). The summed E-state index contributed by atoms with van der Waals surface area (Å²) in [7, 11) is -1.88. The molecule has 0 aliphatic heterocycles. The summed E-state index contributed by atoms with van der Waals surface area (Å²) in [5.74, 6) is -0.136. The molecule has 1 heterocycles. The van der Waals surface area contributed by atoms with Crippen molar-refractivity contribution in [2.45, 2.75) is 62.9 Å². The molecule has 1 aromatic heterocycles. The topological polar surface area (TPSA) is 84.3 Å². The summed E-state index contributed by atoms with van der Waals surface area (Å²) in [5.41, 5.74) is 3.94. The van der Waals surface area contributed by atoms with E-state index in [0.717, 1.165) is 29.5 Å². The van der Waals surface area contributed by atoms with Crippen LogP contribution in [0.2, 0.25) is 0 Å². The molecule has 0 spiro atoms. The van der Waals surface area contributed by atoms with Gasteiger partial charge in [0.1, 0.15) is 11.6 Å². The number of benzene rings is 3. The van der Waals surface area contributed by atoms with E-state index in [1.807, 2.05) is 55.9 Å². The highest BCUT2D eigenvalue weighted by Crippen LogP contribution is 2.35. The Morgan fingerprint density at radius 2 is 1.95 bits per heavy atom. The number of rotatable bonds is 9. The van der Waals surface area contributed by atoms with Gasteiger partial charge in [0.15, 0.2) is 0 Å². The lowest BCUT2D eigenvalue weighted by molar-refractivity contribution is -0.119. The van der Waals surface area contributed by atoms with E-state index in [9.17, 15) is 17.6 Å². The number of aromatic nitrogens is 2. The van der Waals surface area contributed by atoms with Crippen LogP contribution in [0, 0.1) is 12.7 Å². The van der Waals surface area contributed by atoms with Crippen molar-refractivity contribution in [3.63, 3.8) is 0 Å². The molecule has 41 heavy (non-hydrogen) atoms. The summed E-state index contributed by atoms with van der Waals surface area (Å²) in [6.07, 6.45) is 5.94. The first-order chi connectivity index (χ1) is 19.6. The first kappa shape index (κ1) is 28.7. The van der Waals surface area contributed by atoms with Gasteiger partial charge in [-0.2, -0.15) is 0 Å². The Bertz CT molecular complexity index is 1670. The third-order valence-electron chi connectivity index (χ3n) is 7.79. The van der Waals surface area contributed by atoms with Gasteiger partial charge in [-0.25, -0.2) is 22.5 Å². The SMILES string of the molecule is Cc1cccc(S(=O)(=O)N[C@@H]2CCCc3ccc(N(Cc4nccn4C)C(=O)C[C@@H](C)c4ccccc4F)cc32)c1. The summed E-state index contributed by atoms with van der Waals surface area (Å²) >= 11 is 0. The number of halogens is 1. The van der Waals surface area contributed by atoms with Gasteiger partial charge >= 0.3 is 0 Å². The van der Waals surface area contributed by atoms with Gasteiger partial charge in [-0.1, -0.05) is 43.3 Å². The number of carbonyl (C=O) groups excluding carboxylic acids is 1. The minimum atomic E-state index is -3.75. The summed E-state index contributed by atoms with van der Waals surface area (Å²) in [4.78, 5) is 20.1. The van der Waals surface area contributed by atoms with Gasteiger partial charge in [0.05, 0.1) is 11.4 Å². The highest BCUT2D eigenvalue weighted by Gasteiger charge is 2.28. The number of imidazole rings is 1. The Morgan fingerprint density at radius 3 is 2.68 bits per heavy atom. The fourth-order valence-electron chi connectivity index (χ4n) is 5.49. The number of nitrogens with zero attached hydrogens (tertiary/aromatic N) is 3. The van der Waals surface area contributed by atoms with E-state index in [2.05, 4.69) is 9.71 Å². The predicted molar refractivity (Wildman–Crippen MR) is 157 cm³/mol. The summed E-state index contributed by atoms with van der Waals surface area (Å²) in [6, 6.07) is 18.8. The standard InChI is InChI=1S/C32H35FN4O3S/c1-22-8-6-10-26(18-22)41(39,40)35-30-13-7-9-24-14-15-25(20-28(24)30)37(21-31-34-16-17-36(31)3)32(38)19-23(2)27-11-4-5-12-29(27)33/h4-6,8,10-12,14-18,20,23,30,35H,7,9,13,19,21H2,1-3H3/t23-,30-/m1/s1. The summed E-state index contributed by atoms with van der Waals surface area (Å²) < 4.78 is 45.9. The fourth-order valence-corrected chi connectivity index (χ4v) is 6.84. The molecule has 1 amide bonds. The molecule has 4 aromatic rings. The third kappa shape index (κ3) is 6.41. The third-order valence-corrected chi connectivity index (χ3v) is 9.26. The lowest BCUT2D eigenvalue weighted by Gasteiger charge is -2.30. The van der Waals surface area contributed by atoms with E-state index in [0.29, 0.717) is 23.5 Å². The van der Waals surface area contributed by atoms with E-state index in [1.165, 1.54) is 6.07 Å². The molecule has 0 radical (unpaired) electrons. The van der Waals surface area contributed by atoms with Crippen molar-refractivity contribution < 1.29 is 17.6 Å². The van der Waals surface area contributed by atoms with Crippen LogP contribution in [0.1, 0.15) is 66.2 Å². The minimum absolute atomic E-state index is 0.103. The molecular weight excluding hydrogens is 539 g/mol. The van der Waals surface area contributed by atoms with Gasteiger partial charge in [-0.3, -0.25) is 4.79 Å². The molecule has 0 bridgehead atoms. The average Bonchev–Trinajstić information content (AvgIpc) is 3.35. The van der Waals surface area contributed by atoms with Gasteiger partial charge in [0.25, 0.3) is 0 Å². The first-order valence-electron chi connectivity index (χ1n) is 13.8. The maximum Gasteiger partial charge on any atom is 0.241 e. The molecule has 7 nitrogen and oxygen atoms in total. The minimum Gasteiger partial charge on any atom is -0.337 e. The van der Waals surface area contributed by atoms with Crippen LogP contribution < -0.4 is 9.62 Å². The Hall–Kier alpha value is -3.82. The lowest BCUT2D eigenvalue weighted by Crippen LogP contribution is -2.34. The van der Waals surface area contributed by atoms with Crippen molar-refractivity contribution in [2.75, 3.05) is 4.90 Å². The van der Waals surface area contributed by atoms with E-state index in [4.69, 9.17) is 0 Å². The molecule has 0 saturated carbocycles. The maximum atomic E-state index is 14.5. The molecular formula is C32H35FN4O3S. The van der Waals surface area contributed by atoms with E-state index >= 15 is 0 Å². The van der Waals surface area contributed by atoms with Crippen LogP contribution in [0.15, 0.2) is 84.0 Å². The van der Waals surface area contributed by atoms with Gasteiger partial charge in [-0.15, -0.1) is 0 Å². The first-order valence-corrected chi connectivity index (χ1v) is 15.3. The zero-order valence-electron chi connectivity index (χ0n) is 23.5.